The monoisotopic (exact) mass is 392 g/mol. The van der Waals surface area contributed by atoms with Gasteiger partial charge in [0.25, 0.3) is 0 Å². The normalized spacial score (nSPS) is 19.7. The van der Waals surface area contributed by atoms with Gasteiger partial charge in [-0.2, -0.15) is 0 Å². The number of nitrogens with one attached hydrogen (secondary N) is 2. The van der Waals surface area contributed by atoms with Crippen LogP contribution in [0.5, 0.6) is 0 Å². The van der Waals surface area contributed by atoms with Crippen molar-refractivity contribution in [3.63, 3.8) is 0 Å². The first kappa shape index (κ1) is 19.1. The minimum atomic E-state index is -3.77. The maximum absolute atomic E-state index is 12.4. The van der Waals surface area contributed by atoms with Crippen molar-refractivity contribution in [2.75, 3.05) is 5.32 Å². The second kappa shape index (κ2) is 7.93. The zero-order chi connectivity index (χ0) is 19.4. The zero-order valence-corrected chi connectivity index (χ0v) is 15.2. The van der Waals surface area contributed by atoms with Crippen molar-refractivity contribution in [2.45, 2.75) is 30.7 Å². The molecule has 0 spiro atoms. The minimum absolute atomic E-state index is 0.0155. The van der Waals surface area contributed by atoms with E-state index in [-0.39, 0.29) is 23.3 Å². The van der Waals surface area contributed by atoms with Gasteiger partial charge in [0, 0.05) is 11.6 Å². The van der Waals surface area contributed by atoms with Gasteiger partial charge in [0.15, 0.2) is 0 Å². The van der Waals surface area contributed by atoms with Crippen LogP contribution < -0.4 is 10.0 Å². The van der Waals surface area contributed by atoms with Crippen molar-refractivity contribution in [3.8, 4) is 0 Å². The molecule has 0 saturated heterocycles. The van der Waals surface area contributed by atoms with E-state index in [0.717, 1.165) is 0 Å². The lowest BCUT2D eigenvalue weighted by molar-refractivity contribution is -0.141. The molecule has 1 saturated carbocycles. The Kier molecular flexibility index (Phi) is 5.62. The molecule has 9 heteroatoms. The summed E-state index contributed by atoms with van der Waals surface area (Å²) in [6.07, 6.45) is 2.73. The predicted octanol–water partition coefficient (Wildman–Crippen LogP) is 2.20. The Labute approximate surface area is 156 Å². The summed E-state index contributed by atoms with van der Waals surface area (Å²) in [6.45, 7) is 0.0184. The fraction of sp³-hybridized carbons (Fsp3) is 0.333. The molecule has 1 aliphatic carbocycles. The highest BCUT2D eigenvalue weighted by atomic mass is 32.2. The number of carbonyl (C=O) groups is 2. The Hall–Kier alpha value is -2.65. The average molecular weight is 392 g/mol. The SMILES string of the molecule is O=C(O)[C@@H]1CC[C@H](C(=O)Nc2cccc(S(=O)(=O)NCc3ccco3)c2)C1. The number of carboxylic acid groups (broad SMARTS) is 1. The van der Waals surface area contributed by atoms with Crippen molar-refractivity contribution in [1.29, 1.82) is 0 Å². The molecular weight excluding hydrogens is 372 g/mol. The molecule has 144 valence electrons. The van der Waals surface area contributed by atoms with Gasteiger partial charge in [-0.05, 0) is 49.6 Å². The molecule has 1 aromatic heterocycles. The molecule has 1 aromatic carbocycles. The molecule has 0 bridgehead atoms. The van der Waals surface area contributed by atoms with Crippen molar-refractivity contribution in [2.24, 2.45) is 11.8 Å². The van der Waals surface area contributed by atoms with Crippen molar-refractivity contribution in [1.82, 2.24) is 4.72 Å². The summed E-state index contributed by atoms with van der Waals surface area (Å²) in [7, 11) is -3.77. The standard InChI is InChI=1S/C18H20N2O6S/c21-17(12-6-7-13(9-12)18(22)23)20-14-3-1-5-16(10-14)27(24,25)19-11-15-4-2-8-26-15/h1-5,8,10,12-13,19H,6-7,9,11H2,(H,20,21)(H,22,23)/t12-,13+/m0/s1. The number of sulfonamides is 1. The van der Waals surface area contributed by atoms with Gasteiger partial charge in [0.05, 0.1) is 23.6 Å². The van der Waals surface area contributed by atoms with E-state index >= 15 is 0 Å². The maximum atomic E-state index is 12.4. The first-order valence-electron chi connectivity index (χ1n) is 8.51. The van der Waals surface area contributed by atoms with E-state index < -0.39 is 21.9 Å². The van der Waals surface area contributed by atoms with Crippen LogP contribution in [0, 0.1) is 11.8 Å². The van der Waals surface area contributed by atoms with E-state index in [1.807, 2.05) is 0 Å². The third-order valence-electron chi connectivity index (χ3n) is 4.58. The van der Waals surface area contributed by atoms with Crippen LogP contribution in [-0.4, -0.2) is 25.4 Å². The summed E-state index contributed by atoms with van der Waals surface area (Å²) >= 11 is 0. The van der Waals surface area contributed by atoms with Crippen molar-refractivity contribution in [3.05, 3.63) is 48.4 Å². The highest BCUT2D eigenvalue weighted by Gasteiger charge is 2.33. The van der Waals surface area contributed by atoms with E-state index in [0.29, 0.717) is 30.7 Å². The molecular formula is C18H20N2O6S. The number of hydrogen-bond acceptors (Lipinski definition) is 5. The average Bonchev–Trinajstić information content (AvgIpc) is 3.32. The maximum Gasteiger partial charge on any atom is 0.306 e. The molecule has 3 rings (SSSR count). The second-order valence-electron chi connectivity index (χ2n) is 6.47. The van der Waals surface area contributed by atoms with Gasteiger partial charge in [-0.25, -0.2) is 13.1 Å². The molecule has 0 radical (unpaired) electrons. The van der Waals surface area contributed by atoms with Gasteiger partial charge in [0.2, 0.25) is 15.9 Å². The third-order valence-corrected chi connectivity index (χ3v) is 5.98. The van der Waals surface area contributed by atoms with Crippen LogP contribution in [0.1, 0.15) is 25.0 Å². The largest absolute Gasteiger partial charge is 0.481 e. The molecule has 0 unspecified atom stereocenters. The Balaban J connectivity index is 1.64. The van der Waals surface area contributed by atoms with Crippen LogP contribution in [0.15, 0.2) is 52.0 Å². The minimum Gasteiger partial charge on any atom is -0.481 e. The highest BCUT2D eigenvalue weighted by molar-refractivity contribution is 7.89. The Morgan fingerprint density at radius 3 is 2.59 bits per heavy atom. The van der Waals surface area contributed by atoms with E-state index in [1.54, 1.807) is 18.2 Å². The molecule has 1 aliphatic rings. The Bertz CT molecular complexity index is 923. The van der Waals surface area contributed by atoms with Gasteiger partial charge < -0.3 is 14.8 Å². The topological polar surface area (TPSA) is 126 Å². The van der Waals surface area contributed by atoms with Crippen LogP contribution in [0.4, 0.5) is 5.69 Å². The van der Waals surface area contributed by atoms with Gasteiger partial charge in [0.1, 0.15) is 5.76 Å². The lowest BCUT2D eigenvalue weighted by Crippen LogP contribution is -2.24. The summed E-state index contributed by atoms with van der Waals surface area (Å²) in [4.78, 5) is 23.4. The Morgan fingerprint density at radius 2 is 1.93 bits per heavy atom. The van der Waals surface area contributed by atoms with Crippen LogP contribution >= 0.6 is 0 Å². The first-order chi connectivity index (χ1) is 12.8. The number of furan rings is 1. The summed E-state index contributed by atoms with van der Waals surface area (Å²) < 4.78 is 32.3. The molecule has 3 N–H and O–H groups in total. The zero-order valence-electron chi connectivity index (χ0n) is 14.4. The number of amides is 1. The number of carboxylic acids is 1. The van der Waals surface area contributed by atoms with E-state index in [4.69, 9.17) is 9.52 Å². The molecule has 27 heavy (non-hydrogen) atoms. The number of carbonyl (C=O) groups excluding carboxylic acids is 1. The van der Waals surface area contributed by atoms with Crippen LogP contribution in [0.2, 0.25) is 0 Å². The smallest absolute Gasteiger partial charge is 0.306 e. The Morgan fingerprint density at radius 1 is 1.15 bits per heavy atom. The summed E-state index contributed by atoms with van der Waals surface area (Å²) in [5.74, 6) is -1.59. The summed E-state index contributed by atoms with van der Waals surface area (Å²) in [5.41, 5.74) is 0.347. The molecule has 8 nitrogen and oxygen atoms in total. The van der Waals surface area contributed by atoms with Gasteiger partial charge in [-0.1, -0.05) is 6.07 Å². The van der Waals surface area contributed by atoms with Crippen molar-refractivity contribution >= 4 is 27.6 Å². The lowest BCUT2D eigenvalue weighted by Gasteiger charge is -2.12. The first-order valence-corrected chi connectivity index (χ1v) is 9.99. The van der Waals surface area contributed by atoms with Crippen LogP contribution in [0.25, 0.3) is 0 Å². The van der Waals surface area contributed by atoms with Crippen LogP contribution in [0.3, 0.4) is 0 Å². The molecule has 2 aromatic rings. The van der Waals surface area contributed by atoms with Crippen molar-refractivity contribution < 1.29 is 27.5 Å². The molecule has 1 amide bonds. The lowest BCUT2D eigenvalue weighted by atomic mass is 10.0. The number of hydrogen-bond donors (Lipinski definition) is 3. The molecule has 2 atom stereocenters. The van der Waals surface area contributed by atoms with Gasteiger partial charge in [-0.15, -0.1) is 0 Å². The quantitative estimate of drug-likeness (QED) is 0.663. The number of aliphatic carboxylic acids is 1. The molecule has 1 fully saturated rings. The summed E-state index contributed by atoms with van der Waals surface area (Å²) in [6, 6.07) is 9.24. The third kappa shape index (κ3) is 4.75. The number of benzene rings is 1. The summed E-state index contributed by atoms with van der Waals surface area (Å²) in [5, 5.41) is 11.7. The van der Waals surface area contributed by atoms with E-state index in [9.17, 15) is 18.0 Å². The molecule has 1 heterocycles. The fourth-order valence-corrected chi connectivity index (χ4v) is 4.13. The predicted molar refractivity (Wildman–Crippen MR) is 96.3 cm³/mol. The fourth-order valence-electron chi connectivity index (χ4n) is 3.09. The second-order valence-corrected chi connectivity index (χ2v) is 8.23. The van der Waals surface area contributed by atoms with E-state index in [2.05, 4.69) is 10.0 Å². The van der Waals surface area contributed by atoms with Gasteiger partial charge in [-0.3, -0.25) is 9.59 Å². The number of anilines is 1. The van der Waals surface area contributed by atoms with Crippen LogP contribution in [-0.2, 0) is 26.2 Å². The molecule has 0 aliphatic heterocycles. The van der Waals surface area contributed by atoms with E-state index in [1.165, 1.54) is 24.5 Å². The highest BCUT2D eigenvalue weighted by Crippen LogP contribution is 2.32. The van der Waals surface area contributed by atoms with Gasteiger partial charge >= 0.3 is 5.97 Å². The number of rotatable bonds is 7.